The number of ether oxygens (including phenoxy) is 1. The van der Waals surface area contributed by atoms with Gasteiger partial charge in [0.05, 0.1) is 23.9 Å². The Kier molecular flexibility index (Phi) is 13.5. The molecular formula is C30H46N4O5S. The van der Waals surface area contributed by atoms with Gasteiger partial charge >= 0.3 is 0 Å². The van der Waals surface area contributed by atoms with Gasteiger partial charge in [-0.15, -0.1) is 0 Å². The highest BCUT2D eigenvalue weighted by atomic mass is 32.2. The molecular weight excluding hydrogens is 528 g/mol. The summed E-state index contributed by atoms with van der Waals surface area (Å²) in [5, 5.41) is 1.43. The molecule has 2 heterocycles. The first-order valence-electron chi connectivity index (χ1n) is 14.5. The number of nitrogens with two attached hydrogens (primary N) is 1. The van der Waals surface area contributed by atoms with Gasteiger partial charge in [0.2, 0.25) is 11.8 Å². The van der Waals surface area contributed by atoms with Gasteiger partial charge in [-0.05, 0) is 68.4 Å². The molecule has 4 atom stereocenters. The molecule has 0 aliphatic carbocycles. The summed E-state index contributed by atoms with van der Waals surface area (Å²) in [7, 11) is 0. The highest BCUT2D eigenvalue weighted by Gasteiger charge is 2.37. The van der Waals surface area contributed by atoms with Crippen molar-refractivity contribution in [2.45, 2.75) is 84.1 Å². The fourth-order valence-electron chi connectivity index (χ4n) is 5.03. The van der Waals surface area contributed by atoms with Crippen molar-refractivity contribution in [2.24, 2.45) is 23.5 Å². The highest BCUT2D eigenvalue weighted by Crippen LogP contribution is 2.27. The number of hydroxylamine groups is 1. The van der Waals surface area contributed by atoms with E-state index in [0.29, 0.717) is 25.9 Å². The average Bonchev–Trinajstić information content (AvgIpc) is 2.96. The Morgan fingerprint density at radius 3 is 2.42 bits per heavy atom. The number of hydrogen-bond donors (Lipinski definition) is 3. The Balaban J connectivity index is 1.83. The van der Waals surface area contributed by atoms with E-state index in [2.05, 4.69) is 10.9 Å². The van der Waals surface area contributed by atoms with Crippen LogP contribution in [-0.2, 0) is 24.0 Å². The lowest BCUT2D eigenvalue weighted by atomic mass is 9.82. The number of carbonyl (C=O) groups is 3. The summed E-state index contributed by atoms with van der Waals surface area (Å²) in [6.07, 6.45) is 8.32. The fraction of sp³-hybridized carbons (Fsp3) is 0.633. The van der Waals surface area contributed by atoms with Crippen molar-refractivity contribution in [2.75, 3.05) is 18.1 Å². The van der Waals surface area contributed by atoms with Crippen LogP contribution in [0.4, 0.5) is 0 Å². The number of hydrogen-bond acceptors (Lipinski definition) is 7. The molecule has 0 aromatic heterocycles. The molecule has 3 rings (SSSR count). The second-order valence-electron chi connectivity index (χ2n) is 11.1. The predicted octanol–water partition coefficient (Wildman–Crippen LogP) is 4.05. The number of allylic oxidation sites excluding steroid dienone is 1. The standard InChI is InChI=1S/C30H46N4O5S/c1-21(2)20-26(28(35)32-34(30(37)22(3)31)24-15-18-40-19-16-24)25(13-9-12-23-10-5-4-6-11-23)29(36)33-39-27-14-7-8-17-38-27/h4-6,9-12,21-22,24-27H,7-8,13-20,31H2,1-3H3,(H,32,35)(H,33,36)/b12-9+/t22-,25-,26+,27?/m1/s1. The van der Waals surface area contributed by atoms with E-state index < -0.39 is 24.2 Å². The summed E-state index contributed by atoms with van der Waals surface area (Å²) in [6, 6.07) is 8.92. The van der Waals surface area contributed by atoms with E-state index in [-0.39, 0.29) is 29.7 Å². The first-order chi connectivity index (χ1) is 19.3. The summed E-state index contributed by atoms with van der Waals surface area (Å²) < 4.78 is 5.60. The van der Waals surface area contributed by atoms with Gasteiger partial charge in [-0.1, -0.05) is 56.3 Å². The zero-order chi connectivity index (χ0) is 28.9. The maximum atomic E-state index is 13.9. The average molecular weight is 575 g/mol. The quantitative estimate of drug-likeness (QED) is 0.322. The highest BCUT2D eigenvalue weighted by molar-refractivity contribution is 7.99. The van der Waals surface area contributed by atoms with E-state index in [0.717, 1.165) is 42.8 Å². The number of carbonyl (C=O) groups excluding carboxylic acids is 3. The van der Waals surface area contributed by atoms with Crippen molar-refractivity contribution in [3.05, 3.63) is 42.0 Å². The second-order valence-corrected chi connectivity index (χ2v) is 12.3. The summed E-state index contributed by atoms with van der Waals surface area (Å²) in [6.45, 7) is 6.25. The maximum absolute atomic E-state index is 13.9. The Morgan fingerprint density at radius 1 is 1.07 bits per heavy atom. The van der Waals surface area contributed by atoms with Crippen molar-refractivity contribution >= 4 is 35.6 Å². The zero-order valence-electron chi connectivity index (χ0n) is 24.1. The minimum Gasteiger partial charge on any atom is -0.350 e. The van der Waals surface area contributed by atoms with Gasteiger partial charge < -0.3 is 10.5 Å². The lowest BCUT2D eigenvalue weighted by Crippen LogP contribution is -2.59. The van der Waals surface area contributed by atoms with Crippen molar-refractivity contribution in [3.8, 4) is 0 Å². The fourth-order valence-corrected chi connectivity index (χ4v) is 6.11. The van der Waals surface area contributed by atoms with Crippen molar-refractivity contribution in [1.29, 1.82) is 0 Å². The molecule has 10 heteroatoms. The van der Waals surface area contributed by atoms with Crippen LogP contribution in [0.2, 0.25) is 0 Å². The summed E-state index contributed by atoms with van der Waals surface area (Å²) in [5.41, 5.74) is 12.5. The first-order valence-corrected chi connectivity index (χ1v) is 15.7. The number of amides is 3. The molecule has 1 aromatic rings. The van der Waals surface area contributed by atoms with Crippen molar-refractivity contribution in [1.82, 2.24) is 15.9 Å². The molecule has 2 saturated heterocycles. The molecule has 3 amide bonds. The maximum Gasteiger partial charge on any atom is 0.257 e. The van der Waals surface area contributed by atoms with Gasteiger partial charge in [-0.3, -0.25) is 19.8 Å². The molecule has 222 valence electrons. The Hall–Kier alpha value is -2.40. The minimum absolute atomic E-state index is 0.125. The summed E-state index contributed by atoms with van der Waals surface area (Å²) in [5.74, 6) is -0.525. The van der Waals surface area contributed by atoms with Crippen LogP contribution in [0.1, 0.15) is 71.3 Å². The van der Waals surface area contributed by atoms with E-state index in [1.165, 1.54) is 5.01 Å². The SMILES string of the molecule is CC(C)C[C@H](C(=O)NN(C(=O)[C@@H](C)N)C1CCSCC1)[C@@H](C/C=C/c1ccccc1)C(=O)NOC1CCCCO1. The van der Waals surface area contributed by atoms with E-state index in [1.54, 1.807) is 6.92 Å². The summed E-state index contributed by atoms with van der Waals surface area (Å²) in [4.78, 5) is 46.2. The van der Waals surface area contributed by atoms with Crippen LogP contribution in [-0.4, -0.2) is 59.2 Å². The van der Waals surface area contributed by atoms with Crippen molar-refractivity contribution < 1.29 is 24.0 Å². The van der Waals surface area contributed by atoms with Gasteiger partial charge in [0.15, 0.2) is 6.29 Å². The molecule has 1 unspecified atom stereocenters. The van der Waals surface area contributed by atoms with E-state index in [1.807, 2.05) is 68.1 Å². The molecule has 0 radical (unpaired) electrons. The van der Waals surface area contributed by atoms with Crippen LogP contribution in [0.5, 0.6) is 0 Å². The topological polar surface area (TPSA) is 123 Å². The number of hydrazine groups is 1. The predicted molar refractivity (Wildman–Crippen MR) is 158 cm³/mol. The number of benzene rings is 1. The second kappa shape index (κ2) is 16.8. The monoisotopic (exact) mass is 574 g/mol. The smallest absolute Gasteiger partial charge is 0.257 e. The number of nitrogens with zero attached hydrogens (tertiary/aromatic N) is 1. The van der Waals surface area contributed by atoms with Gasteiger partial charge in [-0.2, -0.15) is 11.8 Å². The Labute approximate surface area is 242 Å². The lowest BCUT2D eigenvalue weighted by Gasteiger charge is -2.37. The molecule has 40 heavy (non-hydrogen) atoms. The molecule has 9 nitrogen and oxygen atoms in total. The molecule has 2 fully saturated rings. The normalized spacial score (nSPS) is 20.6. The molecule has 2 aliphatic heterocycles. The largest absolute Gasteiger partial charge is 0.350 e. The lowest BCUT2D eigenvalue weighted by molar-refractivity contribution is -0.203. The third-order valence-corrected chi connectivity index (χ3v) is 8.28. The molecule has 0 spiro atoms. The first kappa shape index (κ1) is 32.1. The Bertz CT molecular complexity index is 962. The summed E-state index contributed by atoms with van der Waals surface area (Å²) >= 11 is 1.84. The molecule has 4 N–H and O–H groups in total. The minimum atomic E-state index is -0.754. The number of rotatable bonds is 12. The van der Waals surface area contributed by atoms with Gasteiger partial charge in [0, 0.05) is 13.0 Å². The van der Waals surface area contributed by atoms with Crippen LogP contribution in [0.15, 0.2) is 36.4 Å². The van der Waals surface area contributed by atoms with Gasteiger partial charge in [0.25, 0.3) is 5.91 Å². The van der Waals surface area contributed by atoms with Crippen LogP contribution < -0.4 is 16.6 Å². The van der Waals surface area contributed by atoms with Gasteiger partial charge in [-0.25, -0.2) is 15.3 Å². The molecule has 2 aliphatic rings. The third kappa shape index (κ3) is 10.2. The van der Waals surface area contributed by atoms with Crippen LogP contribution in [0.25, 0.3) is 6.08 Å². The molecule has 0 saturated carbocycles. The number of thioether (sulfide) groups is 1. The van der Waals surface area contributed by atoms with E-state index in [4.69, 9.17) is 15.3 Å². The van der Waals surface area contributed by atoms with Crippen LogP contribution in [0.3, 0.4) is 0 Å². The third-order valence-electron chi connectivity index (χ3n) is 7.23. The zero-order valence-corrected chi connectivity index (χ0v) is 24.9. The Morgan fingerprint density at radius 2 is 1.80 bits per heavy atom. The van der Waals surface area contributed by atoms with Crippen LogP contribution in [0, 0.1) is 17.8 Å². The van der Waals surface area contributed by atoms with E-state index in [9.17, 15) is 14.4 Å². The number of nitrogens with one attached hydrogen (secondary N) is 2. The van der Waals surface area contributed by atoms with Crippen LogP contribution >= 0.6 is 11.8 Å². The van der Waals surface area contributed by atoms with E-state index >= 15 is 0 Å². The molecule has 1 aromatic carbocycles. The van der Waals surface area contributed by atoms with Crippen molar-refractivity contribution in [3.63, 3.8) is 0 Å². The molecule has 0 bridgehead atoms. The van der Waals surface area contributed by atoms with Gasteiger partial charge in [0.1, 0.15) is 0 Å².